The number of aliphatic imine (C=N–C) groups is 1. The molecule has 3 aliphatic rings. The third kappa shape index (κ3) is 2.66. The molecule has 2 atom stereocenters. The number of fused-ring (bicyclic) bond motifs is 1. The molecule has 1 aromatic carbocycles. The number of hydrogen-bond donors (Lipinski definition) is 2. The van der Waals surface area contributed by atoms with Crippen LogP contribution in [-0.2, 0) is 11.2 Å². The van der Waals surface area contributed by atoms with E-state index in [4.69, 9.17) is 10.7 Å². The van der Waals surface area contributed by atoms with E-state index in [1.165, 1.54) is 27.2 Å². The van der Waals surface area contributed by atoms with E-state index in [-0.39, 0.29) is 17.4 Å². The number of nitrogens with two attached hydrogens (primary N) is 1. The van der Waals surface area contributed by atoms with Crippen LogP contribution in [0.15, 0.2) is 43.9 Å². The number of hydrazone groups is 1. The fraction of sp³-hybridized carbons (Fsp3) is 0.389. The van der Waals surface area contributed by atoms with Crippen LogP contribution in [0.3, 0.4) is 0 Å². The van der Waals surface area contributed by atoms with Crippen LogP contribution >= 0.6 is 15.9 Å². The lowest BCUT2D eigenvalue weighted by Crippen LogP contribution is -2.35. The zero-order chi connectivity index (χ0) is 17.6. The normalized spacial score (nSPS) is 27.3. The van der Waals surface area contributed by atoms with Crippen LogP contribution in [0, 0.1) is 5.41 Å². The highest BCUT2D eigenvalue weighted by molar-refractivity contribution is 9.10. The van der Waals surface area contributed by atoms with Gasteiger partial charge in [-0.25, -0.2) is 4.99 Å². The van der Waals surface area contributed by atoms with Crippen LogP contribution < -0.4 is 11.2 Å². The standard InChI is InChI=1S/C18H20BrN5O/c1-24(10-25)17(20)23-16-15-4-14(19)3-2-11(15)5-18(16)6-12-8-21-22-9-13(12)7-18/h2-4,8,10,16,22H,5-7,9H2,1H3,(H2,20,23). The molecule has 0 bridgehead atoms. The first kappa shape index (κ1) is 16.3. The fourth-order valence-corrected chi connectivity index (χ4v) is 4.65. The minimum atomic E-state index is -0.0681. The fourth-order valence-electron chi connectivity index (χ4n) is 4.27. The van der Waals surface area contributed by atoms with Crippen LogP contribution in [-0.4, -0.2) is 37.1 Å². The minimum Gasteiger partial charge on any atom is -0.369 e. The Labute approximate surface area is 155 Å². The molecule has 0 fully saturated rings. The van der Waals surface area contributed by atoms with E-state index < -0.39 is 0 Å². The van der Waals surface area contributed by atoms with Gasteiger partial charge in [-0.05, 0) is 53.7 Å². The predicted octanol–water partition coefficient (Wildman–Crippen LogP) is 2.12. The van der Waals surface area contributed by atoms with Crippen molar-refractivity contribution in [2.24, 2.45) is 21.2 Å². The van der Waals surface area contributed by atoms with Crippen molar-refractivity contribution in [1.82, 2.24) is 10.3 Å². The highest BCUT2D eigenvalue weighted by Gasteiger charge is 2.50. The summed E-state index contributed by atoms with van der Waals surface area (Å²) in [5.41, 5.74) is 14.3. The van der Waals surface area contributed by atoms with E-state index in [2.05, 4.69) is 44.7 Å². The zero-order valence-corrected chi connectivity index (χ0v) is 15.6. The summed E-state index contributed by atoms with van der Waals surface area (Å²) in [6, 6.07) is 6.31. The van der Waals surface area contributed by atoms with Crippen LogP contribution in [0.2, 0.25) is 0 Å². The average Bonchev–Trinajstić information content (AvgIpc) is 3.11. The van der Waals surface area contributed by atoms with Gasteiger partial charge in [-0.2, -0.15) is 5.10 Å². The molecule has 1 amide bonds. The topological polar surface area (TPSA) is 83.1 Å². The second kappa shape index (κ2) is 5.98. The SMILES string of the molecule is CN(C=O)C(N)=NC1c2cc(Br)ccc2CC12CC1=C(CNN=C1)C2. The molecule has 0 saturated heterocycles. The summed E-state index contributed by atoms with van der Waals surface area (Å²) in [6.07, 6.45) is 5.50. The summed E-state index contributed by atoms with van der Waals surface area (Å²) in [4.78, 5) is 17.2. The molecule has 3 N–H and O–H groups in total. The number of rotatable bonds is 2. The van der Waals surface area contributed by atoms with Gasteiger partial charge in [0.05, 0.1) is 18.8 Å². The molecule has 6 nitrogen and oxygen atoms in total. The summed E-state index contributed by atoms with van der Waals surface area (Å²) in [5.74, 6) is 0.254. The molecule has 2 aliphatic carbocycles. The first-order valence-electron chi connectivity index (χ1n) is 8.29. The highest BCUT2D eigenvalue weighted by Crippen LogP contribution is 2.58. The van der Waals surface area contributed by atoms with Gasteiger partial charge in [-0.1, -0.05) is 22.0 Å². The number of nitrogens with zero attached hydrogens (tertiary/aromatic N) is 3. The number of benzene rings is 1. The number of amides is 1. The van der Waals surface area contributed by atoms with Crippen molar-refractivity contribution in [2.45, 2.75) is 25.3 Å². The number of allylic oxidation sites excluding steroid dienone is 1. The Morgan fingerprint density at radius 3 is 3.08 bits per heavy atom. The van der Waals surface area contributed by atoms with Gasteiger partial charge >= 0.3 is 0 Å². The summed E-state index contributed by atoms with van der Waals surface area (Å²) in [7, 11) is 1.63. The number of carbonyl (C=O) groups is 1. The molecule has 0 radical (unpaired) electrons. The maximum atomic E-state index is 11.1. The monoisotopic (exact) mass is 401 g/mol. The number of hydrogen-bond acceptors (Lipinski definition) is 4. The molecule has 25 heavy (non-hydrogen) atoms. The molecule has 4 rings (SSSR count). The summed E-state index contributed by atoms with van der Waals surface area (Å²) < 4.78 is 1.03. The predicted molar refractivity (Wildman–Crippen MR) is 101 cm³/mol. The van der Waals surface area contributed by atoms with Gasteiger partial charge < -0.3 is 11.2 Å². The minimum absolute atomic E-state index is 0.0276. The van der Waals surface area contributed by atoms with Crippen molar-refractivity contribution in [3.05, 3.63) is 44.9 Å². The molecule has 0 saturated carbocycles. The van der Waals surface area contributed by atoms with Crippen molar-refractivity contribution >= 4 is 34.5 Å². The first-order chi connectivity index (χ1) is 12.0. The van der Waals surface area contributed by atoms with Crippen LogP contribution in [0.25, 0.3) is 0 Å². The van der Waals surface area contributed by atoms with Gasteiger partial charge in [0, 0.05) is 16.9 Å². The molecule has 2 unspecified atom stereocenters. The van der Waals surface area contributed by atoms with Crippen molar-refractivity contribution in [1.29, 1.82) is 0 Å². The largest absolute Gasteiger partial charge is 0.369 e. The van der Waals surface area contributed by atoms with Crippen molar-refractivity contribution in [2.75, 3.05) is 13.6 Å². The van der Waals surface area contributed by atoms with E-state index >= 15 is 0 Å². The van der Waals surface area contributed by atoms with Gasteiger partial charge in [-0.15, -0.1) is 0 Å². The third-order valence-electron chi connectivity index (χ3n) is 5.47. The van der Waals surface area contributed by atoms with E-state index in [9.17, 15) is 4.79 Å². The third-order valence-corrected chi connectivity index (χ3v) is 5.97. The summed E-state index contributed by atoms with van der Waals surface area (Å²) in [5, 5.41) is 4.21. The number of halogens is 1. The second-order valence-corrected chi connectivity index (χ2v) is 7.98. The Morgan fingerprint density at radius 2 is 2.32 bits per heavy atom. The van der Waals surface area contributed by atoms with Crippen LogP contribution in [0.5, 0.6) is 0 Å². The maximum absolute atomic E-state index is 11.1. The molecule has 0 aromatic heterocycles. The van der Waals surface area contributed by atoms with Crippen molar-refractivity contribution in [3.63, 3.8) is 0 Å². The Bertz CT molecular complexity index is 831. The lowest BCUT2D eigenvalue weighted by Gasteiger charge is -2.30. The summed E-state index contributed by atoms with van der Waals surface area (Å²) >= 11 is 3.57. The van der Waals surface area contributed by atoms with Gasteiger partial charge in [0.25, 0.3) is 0 Å². The molecule has 1 aromatic rings. The second-order valence-electron chi connectivity index (χ2n) is 7.06. The Balaban J connectivity index is 1.77. The van der Waals surface area contributed by atoms with Gasteiger partial charge in [-0.3, -0.25) is 9.69 Å². The average molecular weight is 402 g/mol. The molecule has 1 heterocycles. The van der Waals surface area contributed by atoms with Crippen molar-refractivity contribution < 1.29 is 4.79 Å². The molecule has 130 valence electrons. The quantitative estimate of drug-likeness (QED) is 0.452. The highest BCUT2D eigenvalue weighted by atomic mass is 79.9. The van der Waals surface area contributed by atoms with Gasteiger partial charge in [0.1, 0.15) is 0 Å². The van der Waals surface area contributed by atoms with E-state index in [0.717, 1.165) is 30.3 Å². The van der Waals surface area contributed by atoms with Crippen LogP contribution in [0.4, 0.5) is 0 Å². The molecular formula is C18H20BrN5O. The first-order valence-corrected chi connectivity index (χ1v) is 9.08. The van der Waals surface area contributed by atoms with Gasteiger partial charge in [0.15, 0.2) is 5.96 Å². The maximum Gasteiger partial charge on any atom is 0.216 e. The molecular weight excluding hydrogens is 382 g/mol. The zero-order valence-electron chi connectivity index (χ0n) is 14.0. The molecule has 1 aliphatic heterocycles. The van der Waals surface area contributed by atoms with Gasteiger partial charge in [0.2, 0.25) is 6.41 Å². The lowest BCUT2D eigenvalue weighted by atomic mass is 9.77. The number of nitrogens with one attached hydrogen (secondary N) is 1. The number of guanidine groups is 1. The Morgan fingerprint density at radius 1 is 1.48 bits per heavy atom. The Hall–Kier alpha value is -2.15. The van der Waals surface area contributed by atoms with E-state index in [1.54, 1.807) is 7.05 Å². The molecule has 1 spiro atoms. The lowest BCUT2D eigenvalue weighted by molar-refractivity contribution is -0.114. The van der Waals surface area contributed by atoms with Crippen molar-refractivity contribution in [3.8, 4) is 0 Å². The molecule has 7 heteroatoms. The van der Waals surface area contributed by atoms with Crippen LogP contribution in [0.1, 0.15) is 30.0 Å². The Kier molecular flexibility index (Phi) is 3.91. The van der Waals surface area contributed by atoms with E-state index in [1.807, 2.05) is 6.21 Å². The smallest absolute Gasteiger partial charge is 0.216 e. The number of carbonyl (C=O) groups excluding carboxylic acids is 1. The summed E-state index contributed by atoms with van der Waals surface area (Å²) in [6.45, 7) is 0.799. The van der Waals surface area contributed by atoms with E-state index in [0.29, 0.717) is 6.41 Å².